The van der Waals surface area contributed by atoms with Gasteiger partial charge < -0.3 is 0 Å². The van der Waals surface area contributed by atoms with Crippen molar-refractivity contribution in [1.82, 2.24) is 20.0 Å². The standard InChI is InChI=1S/C10H12N4/c1-3-8-4-9(6-11-5-8)10-7-14(2)13-12-10/h4-7H,3H2,1-2H3. The lowest BCUT2D eigenvalue weighted by Gasteiger charge is -1.98. The molecule has 72 valence electrons. The van der Waals surface area contributed by atoms with Gasteiger partial charge in [0.2, 0.25) is 0 Å². The van der Waals surface area contributed by atoms with E-state index in [4.69, 9.17) is 0 Å². The highest BCUT2D eigenvalue weighted by Crippen LogP contribution is 2.15. The van der Waals surface area contributed by atoms with Crippen LogP contribution in [0.15, 0.2) is 24.7 Å². The fourth-order valence-corrected chi connectivity index (χ4v) is 1.30. The van der Waals surface area contributed by atoms with Crippen LogP contribution in [0.3, 0.4) is 0 Å². The Morgan fingerprint density at radius 1 is 1.36 bits per heavy atom. The minimum Gasteiger partial charge on any atom is -0.264 e. The van der Waals surface area contributed by atoms with Gasteiger partial charge in [-0.1, -0.05) is 12.1 Å². The monoisotopic (exact) mass is 188 g/mol. The third kappa shape index (κ3) is 1.64. The van der Waals surface area contributed by atoms with Crippen molar-refractivity contribution >= 4 is 0 Å². The third-order valence-electron chi connectivity index (χ3n) is 2.10. The Hall–Kier alpha value is -1.71. The summed E-state index contributed by atoms with van der Waals surface area (Å²) in [7, 11) is 1.85. The lowest BCUT2D eigenvalue weighted by Crippen LogP contribution is -1.85. The van der Waals surface area contributed by atoms with Crippen molar-refractivity contribution in [3.63, 3.8) is 0 Å². The second-order valence-corrected chi connectivity index (χ2v) is 3.21. The number of aromatic nitrogens is 4. The van der Waals surface area contributed by atoms with Crippen LogP contribution in [-0.2, 0) is 13.5 Å². The predicted octanol–water partition coefficient (Wildman–Crippen LogP) is 1.44. The third-order valence-corrected chi connectivity index (χ3v) is 2.10. The molecule has 0 fully saturated rings. The van der Waals surface area contributed by atoms with Crippen LogP contribution in [0.25, 0.3) is 11.3 Å². The summed E-state index contributed by atoms with van der Waals surface area (Å²) in [5, 5.41) is 7.92. The van der Waals surface area contributed by atoms with E-state index in [-0.39, 0.29) is 0 Å². The fourth-order valence-electron chi connectivity index (χ4n) is 1.30. The van der Waals surface area contributed by atoms with Crippen LogP contribution >= 0.6 is 0 Å². The zero-order valence-corrected chi connectivity index (χ0v) is 8.31. The van der Waals surface area contributed by atoms with Gasteiger partial charge in [0.1, 0.15) is 5.69 Å². The first kappa shape index (κ1) is 8.87. The molecule has 4 nitrogen and oxygen atoms in total. The van der Waals surface area contributed by atoms with Crippen LogP contribution in [0.2, 0.25) is 0 Å². The van der Waals surface area contributed by atoms with Gasteiger partial charge in [0.25, 0.3) is 0 Å². The lowest BCUT2D eigenvalue weighted by atomic mass is 10.1. The normalized spacial score (nSPS) is 10.4. The summed E-state index contributed by atoms with van der Waals surface area (Å²) in [6.07, 6.45) is 6.56. The first-order chi connectivity index (χ1) is 6.79. The molecule has 0 aliphatic rings. The molecule has 0 amide bonds. The molecular formula is C10H12N4. The Labute approximate surface area is 82.6 Å². The Kier molecular flexibility index (Phi) is 2.26. The average molecular weight is 188 g/mol. The first-order valence-electron chi connectivity index (χ1n) is 4.60. The number of pyridine rings is 1. The smallest absolute Gasteiger partial charge is 0.114 e. The van der Waals surface area contributed by atoms with E-state index in [0.717, 1.165) is 17.7 Å². The zero-order chi connectivity index (χ0) is 9.97. The minimum atomic E-state index is 0.871. The molecule has 2 rings (SSSR count). The second kappa shape index (κ2) is 3.57. The topological polar surface area (TPSA) is 43.6 Å². The Morgan fingerprint density at radius 2 is 2.21 bits per heavy atom. The molecule has 0 bridgehead atoms. The van der Waals surface area contributed by atoms with Gasteiger partial charge in [0, 0.05) is 25.0 Å². The molecule has 0 aromatic carbocycles. The summed E-state index contributed by atoms with van der Waals surface area (Å²) in [6.45, 7) is 2.11. The fraction of sp³-hybridized carbons (Fsp3) is 0.300. The number of aryl methyl sites for hydroxylation is 2. The van der Waals surface area contributed by atoms with Gasteiger partial charge in [0.15, 0.2) is 0 Å². The SMILES string of the molecule is CCc1cncc(-c2cn(C)nn2)c1. The number of hydrogen-bond acceptors (Lipinski definition) is 3. The molecule has 2 aromatic rings. The zero-order valence-electron chi connectivity index (χ0n) is 8.31. The first-order valence-corrected chi connectivity index (χ1v) is 4.60. The summed E-state index contributed by atoms with van der Waals surface area (Å²) in [5.74, 6) is 0. The largest absolute Gasteiger partial charge is 0.264 e. The van der Waals surface area contributed by atoms with Crippen LogP contribution in [0.4, 0.5) is 0 Å². The van der Waals surface area contributed by atoms with Gasteiger partial charge in [0.05, 0.1) is 6.20 Å². The van der Waals surface area contributed by atoms with E-state index < -0.39 is 0 Å². The van der Waals surface area contributed by atoms with Crippen LogP contribution < -0.4 is 0 Å². The van der Waals surface area contributed by atoms with Crippen LogP contribution in [0.1, 0.15) is 12.5 Å². The molecule has 0 radical (unpaired) electrons. The van der Waals surface area contributed by atoms with E-state index in [1.54, 1.807) is 4.68 Å². The van der Waals surface area contributed by atoms with Crippen LogP contribution in [0.5, 0.6) is 0 Å². The maximum atomic E-state index is 4.16. The quantitative estimate of drug-likeness (QED) is 0.716. The molecule has 2 heterocycles. The molecule has 0 saturated heterocycles. The maximum absolute atomic E-state index is 4.16. The van der Waals surface area contributed by atoms with E-state index in [0.29, 0.717) is 0 Å². The highest BCUT2D eigenvalue weighted by molar-refractivity contribution is 5.56. The van der Waals surface area contributed by atoms with Crippen molar-refractivity contribution in [3.05, 3.63) is 30.2 Å². The molecule has 0 unspecified atom stereocenters. The summed E-state index contributed by atoms with van der Waals surface area (Å²) in [5.41, 5.74) is 3.11. The van der Waals surface area contributed by atoms with Gasteiger partial charge in [-0.25, -0.2) is 0 Å². The minimum absolute atomic E-state index is 0.871. The van der Waals surface area contributed by atoms with Crippen LogP contribution in [-0.4, -0.2) is 20.0 Å². The van der Waals surface area contributed by atoms with Gasteiger partial charge >= 0.3 is 0 Å². The highest BCUT2D eigenvalue weighted by atomic mass is 15.4. The van der Waals surface area contributed by atoms with E-state index in [1.807, 2.05) is 25.6 Å². The second-order valence-electron chi connectivity index (χ2n) is 3.21. The van der Waals surface area contributed by atoms with Gasteiger partial charge in [-0.2, -0.15) is 0 Å². The van der Waals surface area contributed by atoms with Gasteiger partial charge in [-0.05, 0) is 18.1 Å². The van der Waals surface area contributed by atoms with E-state index in [1.165, 1.54) is 5.56 Å². The number of rotatable bonds is 2. The number of nitrogens with zero attached hydrogens (tertiary/aromatic N) is 4. The Morgan fingerprint density at radius 3 is 2.86 bits per heavy atom. The molecule has 0 aliphatic carbocycles. The van der Waals surface area contributed by atoms with Crippen molar-refractivity contribution in [2.45, 2.75) is 13.3 Å². The van der Waals surface area contributed by atoms with E-state index in [9.17, 15) is 0 Å². The predicted molar refractivity (Wildman–Crippen MR) is 53.6 cm³/mol. The van der Waals surface area contributed by atoms with Crippen molar-refractivity contribution in [2.24, 2.45) is 7.05 Å². The molecular weight excluding hydrogens is 176 g/mol. The van der Waals surface area contributed by atoms with Gasteiger partial charge in [-0.3, -0.25) is 9.67 Å². The van der Waals surface area contributed by atoms with Crippen molar-refractivity contribution in [1.29, 1.82) is 0 Å². The van der Waals surface area contributed by atoms with Crippen molar-refractivity contribution < 1.29 is 0 Å². The Bertz CT molecular complexity index is 433. The van der Waals surface area contributed by atoms with Gasteiger partial charge in [-0.15, -0.1) is 5.10 Å². The molecule has 0 spiro atoms. The highest BCUT2D eigenvalue weighted by Gasteiger charge is 2.02. The molecule has 14 heavy (non-hydrogen) atoms. The van der Waals surface area contributed by atoms with Crippen LogP contribution in [0, 0.1) is 0 Å². The molecule has 0 N–H and O–H groups in total. The maximum Gasteiger partial charge on any atom is 0.114 e. The van der Waals surface area contributed by atoms with E-state index >= 15 is 0 Å². The lowest BCUT2D eigenvalue weighted by molar-refractivity contribution is 0.715. The summed E-state index contributed by atoms with van der Waals surface area (Å²) in [4.78, 5) is 4.16. The Balaban J connectivity index is 2.41. The summed E-state index contributed by atoms with van der Waals surface area (Å²) < 4.78 is 1.69. The average Bonchev–Trinajstić information content (AvgIpc) is 2.65. The molecule has 2 aromatic heterocycles. The van der Waals surface area contributed by atoms with E-state index in [2.05, 4.69) is 28.3 Å². The molecule has 0 aliphatic heterocycles. The summed E-state index contributed by atoms with van der Waals surface area (Å²) in [6, 6.07) is 2.09. The number of hydrogen-bond donors (Lipinski definition) is 0. The van der Waals surface area contributed by atoms with Crippen molar-refractivity contribution in [3.8, 4) is 11.3 Å². The van der Waals surface area contributed by atoms with Crippen molar-refractivity contribution in [2.75, 3.05) is 0 Å². The molecule has 4 heteroatoms. The summed E-state index contributed by atoms with van der Waals surface area (Å²) >= 11 is 0. The molecule has 0 atom stereocenters. The molecule has 0 saturated carbocycles.